The molecule has 0 radical (unpaired) electrons. The summed E-state index contributed by atoms with van der Waals surface area (Å²) in [4.78, 5) is 41.9. The van der Waals surface area contributed by atoms with E-state index >= 15 is 0 Å². The van der Waals surface area contributed by atoms with Crippen molar-refractivity contribution in [1.29, 1.82) is 0 Å². The summed E-state index contributed by atoms with van der Waals surface area (Å²) in [6.45, 7) is 2.01. The van der Waals surface area contributed by atoms with Gasteiger partial charge in [-0.2, -0.15) is 0 Å². The van der Waals surface area contributed by atoms with Gasteiger partial charge in [0.25, 0.3) is 5.91 Å². The molecule has 0 bridgehead atoms. The lowest BCUT2D eigenvalue weighted by Gasteiger charge is -2.48. The SMILES string of the molecule is CC1C=C(C(=O)O)N2C(=O)C(C(=O)NOCc3ccccc3)C2S1. The van der Waals surface area contributed by atoms with Gasteiger partial charge >= 0.3 is 5.97 Å². The second-order valence-corrected chi connectivity index (χ2v) is 7.01. The first-order chi connectivity index (χ1) is 11.5. The molecular formula is C16H16N2O5S. The van der Waals surface area contributed by atoms with E-state index in [1.807, 2.05) is 37.3 Å². The van der Waals surface area contributed by atoms with Crippen LogP contribution in [0.2, 0.25) is 0 Å². The molecule has 3 atom stereocenters. The van der Waals surface area contributed by atoms with Crippen LogP contribution in [0.15, 0.2) is 42.1 Å². The van der Waals surface area contributed by atoms with Gasteiger partial charge in [0.05, 0.1) is 6.61 Å². The summed E-state index contributed by atoms with van der Waals surface area (Å²) < 4.78 is 0. The Kier molecular flexibility index (Phi) is 4.59. The molecule has 7 nitrogen and oxygen atoms in total. The number of β-lactam (4-membered cyclic amide) rings is 1. The van der Waals surface area contributed by atoms with Gasteiger partial charge in [-0.25, -0.2) is 10.3 Å². The predicted octanol–water partition coefficient (Wildman–Crippen LogP) is 1.12. The highest BCUT2D eigenvalue weighted by Crippen LogP contribution is 2.44. The fraction of sp³-hybridized carbons (Fsp3) is 0.312. The van der Waals surface area contributed by atoms with Crippen molar-refractivity contribution < 1.29 is 24.3 Å². The first kappa shape index (κ1) is 16.5. The van der Waals surface area contributed by atoms with Crippen molar-refractivity contribution in [2.75, 3.05) is 0 Å². The highest BCUT2D eigenvalue weighted by molar-refractivity contribution is 8.00. The van der Waals surface area contributed by atoms with E-state index in [0.717, 1.165) is 10.5 Å². The largest absolute Gasteiger partial charge is 0.477 e. The smallest absolute Gasteiger partial charge is 0.352 e. The number of nitrogens with one attached hydrogen (secondary N) is 1. The fourth-order valence-corrected chi connectivity index (χ4v) is 4.05. The van der Waals surface area contributed by atoms with E-state index in [2.05, 4.69) is 5.48 Å². The third-order valence-corrected chi connectivity index (χ3v) is 5.13. The molecule has 24 heavy (non-hydrogen) atoms. The third kappa shape index (κ3) is 3.02. The number of aliphatic carboxylic acids is 1. The van der Waals surface area contributed by atoms with Crippen LogP contribution in [0.3, 0.4) is 0 Å². The number of hydroxylamine groups is 1. The Morgan fingerprint density at radius 3 is 2.71 bits per heavy atom. The number of benzene rings is 1. The second-order valence-electron chi connectivity index (χ2n) is 5.52. The van der Waals surface area contributed by atoms with E-state index in [1.54, 1.807) is 0 Å². The van der Waals surface area contributed by atoms with Gasteiger partial charge in [0, 0.05) is 5.25 Å². The van der Waals surface area contributed by atoms with E-state index in [1.165, 1.54) is 17.8 Å². The topological polar surface area (TPSA) is 95.9 Å². The number of carboxylic acid groups (broad SMARTS) is 1. The van der Waals surface area contributed by atoms with Crippen LogP contribution in [0.4, 0.5) is 0 Å². The number of rotatable bonds is 5. The van der Waals surface area contributed by atoms with Crippen LogP contribution in [-0.4, -0.2) is 38.4 Å². The van der Waals surface area contributed by atoms with Crippen LogP contribution in [-0.2, 0) is 25.8 Å². The van der Waals surface area contributed by atoms with Crippen molar-refractivity contribution in [3.8, 4) is 0 Å². The Hall–Kier alpha value is -2.32. The minimum atomic E-state index is -1.17. The second kappa shape index (κ2) is 6.66. The van der Waals surface area contributed by atoms with Crippen LogP contribution >= 0.6 is 11.8 Å². The quantitative estimate of drug-likeness (QED) is 0.470. The molecule has 0 spiro atoms. The Balaban J connectivity index is 1.60. The number of carboxylic acids is 1. The van der Waals surface area contributed by atoms with Crippen LogP contribution in [0.1, 0.15) is 12.5 Å². The van der Waals surface area contributed by atoms with E-state index in [0.29, 0.717) is 0 Å². The van der Waals surface area contributed by atoms with Gasteiger partial charge in [0.15, 0.2) is 0 Å². The Morgan fingerprint density at radius 2 is 2.04 bits per heavy atom. The Labute approximate surface area is 142 Å². The van der Waals surface area contributed by atoms with Gasteiger partial charge in [0.2, 0.25) is 5.91 Å². The lowest BCUT2D eigenvalue weighted by atomic mass is 9.95. The first-order valence-corrected chi connectivity index (χ1v) is 8.32. The van der Waals surface area contributed by atoms with Gasteiger partial charge in [-0.05, 0) is 18.6 Å². The molecule has 0 aromatic heterocycles. The molecule has 1 aromatic rings. The summed E-state index contributed by atoms with van der Waals surface area (Å²) in [5.74, 6) is -3.17. The van der Waals surface area contributed by atoms with Crippen molar-refractivity contribution >= 4 is 29.5 Å². The molecule has 0 aliphatic carbocycles. The molecule has 3 unspecified atom stereocenters. The molecule has 1 saturated heterocycles. The molecule has 2 heterocycles. The van der Waals surface area contributed by atoms with E-state index < -0.39 is 29.1 Å². The normalized spacial score (nSPS) is 25.4. The number of fused-ring (bicyclic) bond motifs is 1. The number of thioether (sulfide) groups is 1. The monoisotopic (exact) mass is 348 g/mol. The maximum Gasteiger partial charge on any atom is 0.352 e. The zero-order valence-corrected chi connectivity index (χ0v) is 13.7. The summed E-state index contributed by atoms with van der Waals surface area (Å²) in [5, 5.41) is 8.59. The lowest BCUT2D eigenvalue weighted by molar-refractivity contribution is -0.162. The number of carbonyl (C=O) groups excluding carboxylic acids is 2. The zero-order chi connectivity index (χ0) is 17.3. The van der Waals surface area contributed by atoms with Gasteiger partial charge in [-0.3, -0.25) is 19.3 Å². The molecule has 1 aromatic carbocycles. The summed E-state index contributed by atoms with van der Waals surface area (Å²) >= 11 is 1.38. The predicted molar refractivity (Wildman–Crippen MR) is 86.3 cm³/mol. The van der Waals surface area contributed by atoms with Crippen LogP contribution in [0.25, 0.3) is 0 Å². The number of carbonyl (C=O) groups is 3. The minimum Gasteiger partial charge on any atom is -0.477 e. The standard InChI is InChI=1S/C16H16N2O5S/c1-9-7-11(16(21)22)18-14(20)12(15(18)24-9)13(19)17-23-8-10-5-3-2-4-6-10/h2-7,9,12,15H,8H2,1H3,(H,17,19)(H,21,22). The van der Waals surface area contributed by atoms with E-state index in [4.69, 9.17) is 4.84 Å². The summed E-state index contributed by atoms with van der Waals surface area (Å²) in [5.41, 5.74) is 3.11. The van der Waals surface area contributed by atoms with Crippen LogP contribution in [0, 0.1) is 5.92 Å². The molecular weight excluding hydrogens is 332 g/mol. The highest BCUT2D eigenvalue weighted by Gasteiger charge is 2.56. The molecule has 8 heteroatoms. The maximum absolute atomic E-state index is 12.2. The minimum absolute atomic E-state index is 0.0643. The van der Waals surface area contributed by atoms with Crippen molar-refractivity contribution in [3.05, 3.63) is 47.7 Å². The molecule has 126 valence electrons. The van der Waals surface area contributed by atoms with E-state index in [9.17, 15) is 19.5 Å². The van der Waals surface area contributed by atoms with Crippen LogP contribution < -0.4 is 5.48 Å². The Bertz CT molecular complexity index is 706. The van der Waals surface area contributed by atoms with Crippen molar-refractivity contribution in [3.63, 3.8) is 0 Å². The highest BCUT2D eigenvalue weighted by atomic mass is 32.2. The lowest BCUT2D eigenvalue weighted by Crippen LogP contribution is -2.65. The first-order valence-electron chi connectivity index (χ1n) is 7.38. The van der Waals surface area contributed by atoms with Gasteiger partial charge in [-0.1, -0.05) is 30.3 Å². The fourth-order valence-electron chi connectivity index (χ4n) is 2.67. The molecule has 2 N–H and O–H groups in total. The van der Waals surface area contributed by atoms with Gasteiger partial charge in [-0.15, -0.1) is 11.8 Å². The number of amides is 2. The Morgan fingerprint density at radius 1 is 1.33 bits per heavy atom. The molecule has 2 amide bonds. The van der Waals surface area contributed by atoms with Crippen molar-refractivity contribution in [1.82, 2.24) is 10.4 Å². The van der Waals surface area contributed by atoms with Crippen LogP contribution in [0.5, 0.6) is 0 Å². The van der Waals surface area contributed by atoms with Crippen molar-refractivity contribution in [2.24, 2.45) is 5.92 Å². The number of nitrogens with zero attached hydrogens (tertiary/aromatic N) is 1. The molecule has 2 aliphatic rings. The summed E-state index contributed by atoms with van der Waals surface area (Å²) in [7, 11) is 0. The maximum atomic E-state index is 12.2. The number of hydrogen-bond donors (Lipinski definition) is 2. The zero-order valence-electron chi connectivity index (χ0n) is 12.8. The van der Waals surface area contributed by atoms with E-state index in [-0.39, 0.29) is 17.6 Å². The molecule has 2 aliphatic heterocycles. The summed E-state index contributed by atoms with van der Waals surface area (Å²) in [6.07, 6.45) is 1.52. The average molecular weight is 348 g/mol. The average Bonchev–Trinajstić information content (AvgIpc) is 2.54. The third-order valence-electron chi connectivity index (χ3n) is 3.81. The molecule has 1 fully saturated rings. The van der Waals surface area contributed by atoms with Gasteiger partial charge in [0.1, 0.15) is 17.0 Å². The molecule has 0 saturated carbocycles. The molecule has 3 rings (SSSR count). The van der Waals surface area contributed by atoms with Gasteiger partial charge < -0.3 is 5.11 Å². The summed E-state index contributed by atoms with van der Waals surface area (Å²) in [6, 6.07) is 9.29. The van der Waals surface area contributed by atoms with Crippen molar-refractivity contribution in [2.45, 2.75) is 24.2 Å². The number of hydrogen-bond acceptors (Lipinski definition) is 5.